The molecule has 2 aliphatic heterocycles. The fourth-order valence-electron chi connectivity index (χ4n) is 3.54. The lowest BCUT2D eigenvalue weighted by Gasteiger charge is -2.49. The van der Waals surface area contributed by atoms with Crippen LogP contribution in [0, 0.1) is 0 Å². The Bertz CT molecular complexity index is 623. The summed E-state index contributed by atoms with van der Waals surface area (Å²) in [6.45, 7) is 5.42. The Labute approximate surface area is 151 Å². The van der Waals surface area contributed by atoms with Gasteiger partial charge >= 0.3 is 6.09 Å². The van der Waals surface area contributed by atoms with E-state index in [2.05, 4.69) is 10.2 Å². The Morgan fingerprint density at radius 2 is 2.08 bits per heavy atom. The predicted octanol–water partition coefficient (Wildman–Crippen LogP) is 3.78. The maximum absolute atomic E-state index is 15.1. The van der Waals surface area contributed by atoms with Gasteiger partial charge < -0.3 is 9.47 Å². The van der Waals surface area contributed by atoms with E-state index in [1.165, 1.54) is 0 Å². The first-order valence-electron chi connectivity index (χ1n) is 8.56. The summed E-state index contributed by atoms with van der Waals surface area (Å²) in [6.07, 6.45) is 0.294. The van der Waals surface area contributed by atoms with Crippen molar-refractivity contribution >= 4 is 17.7 Å². The van der Waals surface area contributed by atoms with E-state index in [9.17, 15) is 4.79 Å². The fraction of sp³-hybridized carbons (Fsp3) is 0.706. The molecule has 0 aromatic carbocycles. The van der Waals surface area contributed by atoms with Crippen LogP contribution >= 0.6 is 11.6 Å². The number of piperidine rings is 2. The number of carbonyl (C=O) groups is 1. The molecule has 1 aromatic heterocycles. The molecule has 3 rings (SSSR count). The summed E-state index contributed by atoms with van der Waals surface area (Å²) < 4.78 is 26.3. The molecule has 2 aliphatic rings. The second kappa shape index (κ2) is 6.94. The number of ether oxygens (including phenoxy) is 2. The Hall–Kier alpha value is -1.63. The molecule has 1 amide bonds. The summed E-state index contributed by atoms with van der Waals surface area (Å²) in [6, 6.07) is 2.49. The number of hydrogen-bond donors (Lipinski definition) is 0. The summed E-state index contributed by atoms with van der Waals surface area (Å²) in [5.74, 6) is 0.237. The van der Waals surface area contributed by atoms with Crippen molar-refractivity contribution in [3.05, 3.63) is 17.3 Å². The SMILES string of the molecule is CC(C)(C)OC(=O)N1C2CCCC1[C@H](F)[C@H](Oc1ccc(Cl)nn1)C2. The number of amides is 1. The lowest BCUT2D eigenvalue weighted by atomic mass is 9.82. The Balaban J connectivity index is 1.74. The zero-order chi connectivity index (χ0) is 18.2. The van der Waals surface area contributed by atoms with Gasteiger partial charge in [-0.1, -0.05) is 11.6 Å². The maximum atomic E-state index is 15.1. The van der Waals surface area contributed by atoms with Gasteiger partial charge in [0.15, 0.2) is 11.3 Å². The van der Waals surface area contributed by atoms with Crippen LogP contribution in [-0.4, -0.2) is 51.2 Å². The largest absolute Gasteiger partial charge is 0.470 e. The maximum Gasteiger partial charge on any atom is 0.410 e. The van der Waals surface area contributed by atoms with Crippen molar-refractivity contribution in [2.45, 2.75) is 76.4 Å². The molecule has 4 atom stereocenters. The van der Waals surface area contributed by atoms with Crippen LogP contribution in [0.1, 0.15) is 46.5 Å². The van der Waals surface area contributed by atoms with Gasteiger partial charge in [-0.3, -0.25) is 4.90 Å². The van der Waals surface area contributed by atoms with Gasteiger partial charge in [0.2, 0.25) is 5.88 Å². The van der Waals surface area contributed by atoms with Crippen LogP contribution in [0.4, 0.5) is 9.18 Å². The zero-order valence-electron chi connectivity index (χ0n) is 14.6. The number of fused-ring (bicyclic) bond motifs is 2. The molecule has 0 aliphatic carbocycles. The van der Waals surface area contributed by atoms with Crippen molar-refractivity contribution in [1.29, 1.82) is 0 Å². The summed E-state index contributed by atoms with van der Waals surface area (Å²) >= 11 is 5.71. The summed E-state index contributed by atoms with van der Waals surface area (Å²) in [5.41, 5.74) is -0.608. The first-order chi connectivity index (χ1) is 11.7. The fourth-order valence-corrected chi connectivity index (χ4v) is 3.64. The highest BCUT2D eigenvalue weighted by Gasteiger charge is 2.49. The lowest BCUT2D eigenvalue weighted by molar-refractivity contribution is -0.0802. The van der Waals surface area contributed by atoms with Crippen LogP contribution in [0.5, 0.6) is 5.88 Å². The third-order valence-corrected chi connectivity index (χ3v) is 4.70. The van der Waals surface area contributed by atoms with E-state index < -0.39 is 30.0 Å². The molecule has 6 nitrogen and oxygen atoms in total. The van der Waals surface area contributed by atoms with Gasteiger partial charge in [-0.05, 0) is 46.1 Å². The van der Waals surface area contributed by atoms with E-state index in [4.69, 9.17) is 21.1 Å². The van der Waals surface area contributed by atoms with Gasteiger partial charge in [0.1, 0.15) is 11.7 Å². The van der Waals surface area contributed by atoms with E-state index in [0.717, 1.165) is 12.8 Å². The van der Waals surface area contributed by atoms with Crippen LogP contribution in [-0.2, 0) is 4.74 Å². The third-order valence-electron chi connectivity index (χ3n) is 4.50. The van der Waals surface area contributed by atoms with Gasteiger partial charge in [-0.2, -0.15) is 0 Å². The lowest BCUT2D eigenvalue weighted by Crippen LogP contribution is -2.63. The molecule has 138 valence electrons. The van der Waals surface area contributed by atoms with Crippen molar-refractivity contribution in [2.24, 2.45) is 0 Å². The number of aromatic nitrogens is 2. The first-order valence-corrected chi connectivity index (χ1v) is 8.93. The van der Waals surface area contributed by atoms with E-state index in [1.54, 1.807) is 17.0 Å². The predicted molar refractivity (Wildman–Crippen MR) is 90.5 cm³/mol. The summed E-state index contributed by atoms with van der Waals surface area (Å²) in [4.78, 5) is 14.1. The Morgan fingerprint density at radius 1 is 1.32 bits per heavy atom. The molecule has 25 heavy (non-hydrogen) atoms. The Kier molecular flexibility index (Phi) is 5.04. The van der Waals surface area contributed by atoms with E-state index in [1.807, 2.05) is 20.8 Å². The molecule has 2 fully saturated rings. The molecule has 1 aromatic rings. The third kappa shape index (κ3) is 4.14. The van der Waals surface area contributed by atoms with Crippen LogP contribution < -0.4 is 4.74 Å². The van der Waals surface area contributed by atoms with Gasteiger partial charge in [0, 0.05) is 18.5 Å². The van der Waals surface area contributed by atoms with Crippen LogP contribution in [0.25, 0.3) is 0 Å². The van der Waals surface area contributed by atoms with Crippen molar-refractivity contribution in [1.82, 2.24) is 15.1 Å². The highest BCUT2D eigenvalue weighted by molar-refractivity contribution is 6.29. The molecule has 2 saturated heterocycles. The first kappa shape index (κ1) is 18.2. The number of alkyl halides is 1. The number of carbonyl (C=O) groups excluding carboxylic acids is 1. The molecule has 0 spiro atoms. The van der Waals surface area contributed by atoms with Crippen LogP contribution in [0.2, 0.25) is 5.15 Å². The normalized spacial score (nSPS) is 29.2. The topological polar surface area (TPSA) is 64.5 Å². The molecule has 8 heteroatoms. The number of halogens is 2. The molecule has 0 N–H and O–H groups in total. The van der Waals surface area contributed by atoms with Crippen molar-refractivity contribution < 1.29 is 18.7 Å². The molecule has 2 unspecified atom stereocenters. The van der Waals surface area contributed by atoms with Crippen LogP contribution in [0.15, 0.2) is 12.1 Å². The quantitative estimate of drug-likeness (QED) is 0.791. The minimum absolute atomic E-state index is 0.0918. The van der Waals surface area contributed by atoms with E-state index >= 15 is 4.39 Å². The minimum Gasteiger partial charge on any atom is -0.470 e. The second-order valence-corrected chi connectivity index (χ2v) is 7.96. The molecule has 0 radical (unpaired) electrons. The van der Waals surface area contributed by atoms with Crippen molar-refractivity contribution in [3.63, 3.8) is 0 Å². The smallest absolute Gasteiger partial charge is 0.410 e. The Morgan fingerprint density at radius 3 is 2.72 bits per heavy atom. The van der Waals surface area contributed by atoms with Crippen molar-refractivity contribution in [3.8, 4) is 5.88 Å². The van der Waals surface area contributed by atoms with Crippen molar-refractivity contribution in [2.75, 3.05) is 0 Å². The molecule has 3 heterocycles. The monoisotopic (exact) mass is 371 g/mol. The number of nitrogens with zero attached hydrogens (tertiary/aromatic N) is 3. The van der Waals surface area contributed by atoms with Gasteiger partial charge in [0.25, 0.3) is 0 Å². The zero-order valence-corrected chi connectivity index (χ0v) is 15.4. The average Bonchev–Trinajstić information content (AvgIpc) is 2.52. The van der Waals surface area contributed by atoms with Gasteiger partial charge in [-0.15, -0.1) is 10.2 Å². The highest BCUT2D eigenvalue weighted by Crippen LogP contribution is 2.38. The minimum atomic E-state index is -1.30. The number of rotatable bonds is 2. The second-order valence-electron chi connectivity index (χ2n) is 7.57. The van der Waals surface area contributed by atoms with E-state index in [-0.39, 0.29) is 17.1 Å². The highest BCUT2D eigenvalue weighted by atomic mass is 35.5. The van der Waals surface area contributed by atoms with Crippen LogP contribution in [0.3, 0.4) is 0 Å². The number of hydrogen-bond acceptors (Lipinski definition) is 5. The molecule has 0 saturated carbocycles. The summed E-state index contributed by atoms with van der Waals surface area (Å²) in [5, 5.41) is 7.79. The standard InChI is InChI=1S/C17H23ClFN3O3/c1-17(2,3)25-16(23)22-10-5-4-6-11(22)15(19)12(9-10)24-14-8-7-13(18)20-21-14/h7-8,10-12,15H,4-6,9H2,1-3H3/t10?,11?,12-,15+/m1/s1. The molecular weight excluding hydrogens is 349 g/mol. The molecular formula is C17H23ClFN3O3. The average molecular weight is 372 g/mol. The van der Waals surface area contributed by atoms with Gasteiger partial charge in [0.05, 0.1) is 6.04 Å². The van der Waals surface area contributed by atoms with E-state index in [0.29, 0.717) is 12.8 Å². The van der Waals surface area contributed by atoms with Gasteiger partial charge in [-0.25, -0.2) is 9.18 Å². The summed E-state index contributed by atoms with van der Waals surface area (Å²) in [7, 11) is 0. The molecule has 2 bridgehead atoms.